The van der Waals surface area contributed by atoms with Crippen molar-refractivity contribution >= 4 is 23.1 Å². The third-order valence-electron chi connectivity index (χ3n) is 6.36. The van der Waals surface area contributed by atoms with E-state index in [-0.39, 0.29) is 12.3 Å². The number of thiazole rings is 1. The maximum absolute atomic E-state index is 13.0. The van der Waals surface area contributed by atoms with Crippen LogP contribution in [0.25, 0.3) is 5.69 Å². The summed E-state index contributed by atoms with van der Waals surface area (Å²) in [5.74, 6) is 0.577. The van der Waals surface area contributed by atoms with Crippen LogP contribution in [0, 0.1) is 6.92 Å². The topological polar surface area (TPSA) is 81.5 Å². The lowest BCUT2D eigenvalue weighted by Crippen LogP contribution is -2.37. The van der Waals surface area contributed by atoms with Crippen LogP contribution in [-0.4, -0.2) is 58.4 Å². The zero-order chi connectivity index (χ0) is 23.7. The van der Waals surface area contributed by atoms with Gasteiger partial charge in [0.1, 0.15) is 22.1 Å². The average molecular weight is 482 g/mol. The second-order valence-electron chi connectivity index (χ2n) is 9.37. The van der Waals surface area contributed by atoms with Crippen LogP contribution in [-0.2, 0) is 39.3 Å². The van der Waals surface area contributed by atoms with Gasteiger partial charge in [0.05, 0.1) is 31.9 Å². The van der Waals surface area contributed by atoms with E-state index in [9.17, 15) is 4.79 Å². The summed E-state index contributed by atoms with van der Waals surface area (Å²) in [6, 6.07) is 8.12. The van der Waals surface area contributed by atoms with Crippen molar-refractivity contribution in [3.63, 3.8) is 0 Å². The van der Waals surface area contributed by atoms with E-state index in [0.717, 1.165) is 61.2 Å². The highest BCUT2D eigenvalue weighted by molar-refractivity contribution is 7.11. The molecule has 1 aromatic carbocycles. The lowest BCUT2D eigenvalue weighted by Gasteiger charge is -2.26. The Morgan fingerprint density at radius 1 is 1.21 bits per heavy atom. The number of morpholine rings is 1. The molecule has 2 aliphatic heterocycles. The number of ether oxygens (including phenoxy) is 2. The van der Waals surface area contributed by atoms with Gasteiger partial charge in [-0.05, 0) is 39.3 Å². The number of fused-ring (bicyclic) bond motifs is 1. The summed E-state index contributed by atoms with van der Waals surface area (Å²) in [5.41, 5.74) is 3.39. The first kappa shape index (κ1) is 23.2. The molecule has 2 aromatic heterocycles. The predicted molar refractivity (Wildman–Crippen MR) is 132 cm³/mol. The van der Waals surface area contributed by atoms with Gasteiger partial charge in [0, 0.05) is 36.3 Å². The van der Waals surface area contributed by atoms with E-state index < -0.39 is 5.60 Å². The molecule has 1 amide bonds. The van der Waals surface area contributed by atoms with Gasteiger partial charge in [0.2, 0.25) is 5.91 Å². The van der Waals surface area contributed by atoms with Crippen LogP contribution in [0.4, 0.5) is 5.82 Å². The van der Waals surface area contributed by atoms with Crippen molar-refractivity contribution in [1.29, 1.82) is 0 Å². The molecular weight excluding hydrogens is 450 g/mol. The van der Waals surface area contributed by atoms with Crippen molar-refractivity contribution in [3.8, 4) is 5.69 Å². The fourth-order valence-electron chi connectivity index (χ4n) is 4.35. The molecule has 0 atom stereocenters. The van der Waals surface area contributed by atoms with Crippen molar-refractivity contribution in [3.05, 3.63) is 57.2 Å². The van der Waals surface area contributed by atoms with E-state index in [4.69, 9.17) is 14.6 Å². The third kappa shape index (κ3) is 4.93. The van der Waals surface area contributed by atoms with E-state index in [2.05, 4.69) is 22.1 Å². The number of anilines is 1. The van der Waals surface area contributed by atoms with Crippen molar-refractivity contribution in [2.75, 3.05) is 38.2 Å². The number of hydrogen-bond acceptors (Lipinski definition) is 7. The molecule has 8 nitrogen and oxygen atoms in total. The van der Waals surface area contributed by atoms with Gasteiger partial charge in [0.15, 0.2) is 0 Å². The van der Waals surface area contributed by atoms with Gasteiger partial charge in [-0.1, -0.05) is 17.7 Å². The Balaban J connectivity index is 1.29. The first-order valence-electron chi connectivity index (χ1n) is 11.8. The van der Waals surface area contributed by atoms with Gasteiger partial charge in [-0.2, -0.15) is 5.10 Å². The Hall–Kier alpha value is -2.59. The molecular formula is C25H31N5O3S. The average Bonchev–Trinajstić information content (AvgIpc) is 3.50. The van der Waals surface area contributed by atoms with E-state index >= 15 is 0 Å². The smallest absolute Gasteiger partial charge is 0.232 e. The SMILES string of the molecule is Cc1ccc(-n2nc3c(c2NC(=O)Cc2ncc(CCN4CCOCC4)s2)COC3(C)C)cc1. The molecule has 34 heavy (non-hydrogen) atoms. The zero-order valence-electron chi connectivity index (χ0n) is 20.0. The third-order valence-corrected chi connectivity index (χ3v) is 7.42. The number of amides is 1. The van der Waals surface area contributed by atoms with Gasteiger partial charge in [0.25, 0.3) is 0 Å². The summed E-state index contributed by atoms with van der Waals surface area (Å²) in [5, 5.41) is 8.76. The quantitative estimate of drug-likeness (QED) is 0.557. The van der Waals surface area contributed by atoms with Crippen LogP contribution in [0.5, 0.6) is 0 Å². The summed E-state index contributed by atoms with van der Waals surface area (Å²) in [6.07, 6.45) is 3.08. The minimum Gasteiger partial charge on any atom is -0.379 e. The predicted octanol–water partition coefficient (Wildman–Crippen LogP) is 3.46. The number of nitrogens with zero attached hydrogens (tertiary/aromatic N) is 4. The molecule has 9 heteroatoms. The van der Waals surface area contributed by atoms with Crippen LogP contribution < -0.4 is 5.32 Å². The standard InChI is InChI=1S/C25H31N5O3S/c1-17-4-6-18(7-5-17)30-24(20-16-33-25(2,3)23(20)28-30)27-21(31)14-22-26-15-19(34-22)8-9-29-10-12-32-13-11-29/h4-7,15H,8-14,16H2,1-3H3,(H,27,31). The van der Waals surface area contributed by atoms with Crippen LogP contribution in [0.1, 0.15) is 40.6 Å². The van der Waals surface area contributed by atoms with Crippen LogP contribution in [0.3, 0.4) is 0 Å². The van der Waals surface area contributed by atoms with Crippen LogP contribution in [0.15, 0.2) is 30.5 Å². The number of hydrogen-bond donors (Lipinski definition) is 1. The number of aromatic nitrogens is 3. The molecule has 1 saturated heterocycles. The van der Waals surface area contributed by atoms with Crippen molar-refractivity contribution in [1.82, 2.24) is 19.7 Å². The molecule has 1 N–H and O–H groups in total. The lowest BCUT2D eigenvalue weighted by atomic mass is 10.0. The summed E-state index contributed by atoms with van der Waals surface area (Å²) in [4.78, 5) is 21.2. The Morgan fingerprint density at radius 2 is 1.97 bits per heavy atom. The molecule has 0 radical (unpaired) electrons. The first-order chi connectivity index (χ1) is 16.4. The largest absolute Gasteiger partial charge is 0.379 e. The fourth-order valence-corrected chi connectivity index (χ4v) is 5.26. The van der Waals surface area contributed by atoms with Crippen molar-refractivity contribution < 1.29 is 14.3 Å². The molecule has 4 heterocycles. The summed E-state index contributed by atoms with van der Waals surface area (Å²) in [6.45, 7) is 11.0. The van der Waals surface area contributed by atoms with E-state index in [1.165, 1.54) is 10.4 Å². The minimum absolute atomic E-state index is 0.102. The lowest BCUT2D eigenvalue weighted by molar-refractivity contribution is -0.115. The fraction of sp³-hybridized carbons (Fsp3) is 0.480. The molecule has 180 valence electrons. The molecule has 0 unspecified atom stereocenters. The normalized spacial score (nSPS) is 17.6. The molecule has 2 aliphatic rings. The number of aryl methyl sites for hydroxylation is 1. The number of carbonyl (C=O) groups excluding carboxylic acids is 1. The second-order valence-corrected chi connectivity index (χ2v) is 10.6. The van der Waals surface area contributed by atoms with E-state index in [1.807, 2.05) is 49.0 Å². The highest BCUT2D eigenvalue weighted by Crippen LogP contribution is 2.40. The molecule has 0 saturated carbocycles. The number of carbonyl (C=O) groups is 1. The van der Waals surface area contributed by atoms with Crippen LogP contribution in [0.2, 0.25) is 0 Å². The van der Waals surface area contributed by atoms with Gasteiger partial charge in [-0.15, -0.1) is 11.3 Å². The summed E-state index contributed by atoms with van der Waals surface area (Å²) >= 11 is 1.61. The molecule has 5 rings (SSSR count). The first-order valence-corrected chi connectivity index (χ1v) is 12.6. The Morgan fingerprint density at radius 3 is 2.74 bits per heavy atom. The molecule has 3 aromatic rings. The maximum atomic E-state index is 13.0. The van der Waals surface area contributed by atoms with Crippen molar-refractivity contribution in [2.45, 2.75) is 45.8 Å². The highest BCUT2D eigenvalue weighted by Gasteiger charge is 2.38. The highest BCUT2D eigenvalue weighted by atomic mass is 32.1. The molecule has 0 bridgehead atoms. The molecule has 0 spiro atoms. The molecule has 1 fully saturated rings. The Labute approximate surface area is 203 Å². The molecule has 0 aliphatic carbocycles. The summed E-state index contributed by atoms with van der Waals surface area (Å²) in [7, 11) is 0. The van der Waals surface area contributed by atoms with Gasteiger partial charge >= 0.3 is 0 Å². The van der Waals surface area contributed by atoms with Gasteiger partial charge < -0.3 is 14.8 Å². The Kier molecular flexibility index (Phi) is 6.52. The Bertz CT molecular complexity index is 1160. The van der Waals surface area contributed by atoms with E-state index in [0.29, 0.717) is 12.4 Å². The second kappa shape index (κ2) is 9.58. The van der Waals surface area contributed by atoms with Crippen LogP contribution >= 0.6 is 11.3 Å². The number of benzene rings is 1. The monoisotopic (exact) mass is 481 g/mol. The maximum Gasteiger partial charge on any atom is 0.232 e. The van der Waals surface area contributed by atoms with Gasteiger partial charge in [-0.25, -0.2) is 9.67 Å². The number of nitrogens with one attached hydrogen (secondary N) is 1. The minimum atomic E-state index is -0.491. The van der Waals surface area contributed by atoms with E-state index in [1.54, 1.807) is 11.3 Å². The number of rotatable bonds is 7. The van der Waals surface area contributed by atoms with Crippen molar-refractivity contribution in [2.24, 2.45) is 0 Å². The summed E-state index contributed by atoms with van der Waals surface area (Å²) < 4.78 is 13.2. The zero-order valence-corrected chi connectivity index (χ0v) is 20.8. The van der Waals surface area contributed by atoms with Gasteiger partial charge in [-0.3, -0.25) is 9.69 Å².